The molecule has 2 aromatic rings. The number of anilines is 1. The van der Waals surface area contributed by atoms with Gasteiger partial charge in [0.15, 0.2) is 0 Å². The quantitative estimate of drug-likeness (QED) is 0.895. The summed E-state index contributed by atoms with van der Waals surface area (Å²) < 4.78 is 0. The number of benzene rings is 1. The minimum absolute atomic E-state index is 0. The van der Waals surface area contributed by atoms with Crippen LogP contribution in [0.4, 0.5) is 5.69 Å². The topological polar surface area (TPSA) is 54.0 Å². The highest BCUT2D eigenvalue weighted by Gasteiger charge is 2.15. The second-order valence-corrected chi connectivity index (χ2v) is 5.36. The molecule has 0 saturated carbocycles. The van der Waals surface area contributed by atoms with Crippen LogP contribution in [0.2, 0.25) is 0 Å². The molecule has 2 N–H and O–H groups in total. The summed E-state index contributed by atoms with van der Waals surface area (Å²) in [5, 5.41) is 7.31. The third-order valence-electron chi connectivity index (χ3n) is 3.82. The van der Waals surface area contributed by atoms with E-state index in [0.717, 1.165) is 36.1 Å². The molecule has 1 aromatic heterocycles. The Bertz CT molecular complexity index is 615. The van der Waals surface area contributed by atoms with Crippen molar-refractivity contribution in [3.05, 3.63) is 36.5 Å². The van der Waals surface area contributed by atoms with E-state index >= 15 is 0 Å². The molecule has 22 heavy (non-hydrogen) atoms. The van der Waals surface area contributed by atoms with E-state index in [2.05, 4.69) is 15.6 Å². The Morgan fingerprint density at radius 3 is 2.91 bits per heavy atom. The summed E-state index contributed by atoms with van der Waals surface area (Å²) in [6.45, 7) is 2.13. The third-order valence-corrected chi connectivity index (χ3v) is 3.82. The number of aromatic nitrogens is 1. The Hall–Kier alpha value is -1.36. The fraction of sp³-hybridized carbons (Fsp3) is 0.375. The van der Waals surface area contributed by atoms with Crippen LogP contribution in [0.1, 0.15) is 19.3 Å². The van der Waals surface area contributed by atoms with Crippen molar-refractivity contribution in [2.45, 2.75) is 19.3 Å². The lowest BCUT2D eigenvalue weighted by molar-refractivity contribution is -0.116. The van der Waals surface area contributed by atoms with E-state index in [1.807, 2.05) is 30.3 Å². The van der Waals surface area contributed by atoms with Crippen molar-refractivity contribution in [1.82, 2.24) is 10.3 Å². The van der Waals surface area contributed by atoms with Crippen LogP contribution < -0.4 is 10.6 Å². The van der Waals surface area contributed by atoms with Gasteiger partial charge in [-0.25, -0.2) is 0 Å². The van der Waals surface area contributed by atoms with Crippen molar-refractivity contribution in [2.24, 2.45) is 5.92 Å². The fourth-order valence-electron chi connectivity index (χ4n) is 2.66. The second kappa shape index (κ2) is 8.93. The number of nitrogens with one attached hydrogen (secondary N) is 2. The van der Waals surface area contributed by atoms with E-state index in [0.29, 0.717) is 12.3 Å². The molecule has 1 amide bonds. The number of carbonyl (C=O) groups excluding carboxylic acids is 1. The summed E-state index contributed by atoms with van der Waals surface area (Å²) in [7, 11) is 0. The molecule has 1 fully saturated rings. The van der Waals surface area contributed by atoms with Gasteiger partial charge >= 0.3 is 0 Å². The molecule has 2 heterocycles. The van der Waals surface area contributed by atoms with E-state index in [4.69, 9.17) is 0 Å². The normalized spacial score (nSPS) is 16.6. The van der Waals surface area contributed by atoms with Crippen LogP contribution in [0.15, 0.2) is 36.5 Å². The average molecular weight is 342 g/mol. The lowest BCUT2D eigenvalue weighted by atomic mass is 10.0. The van der Waals surface area contributed by atoms with Crippen molar-refractivity contribution in [1.29, 1.82) is 0 Å². The zero-order valence-corrected chi connectivity index (χ0v) is 13.9. The Morgan fingerprint density at radius 2 is 2.14 bits per heavy atom. The standard InChI is InChI=1S/C16H19N3O.2ClH/c20-16(6-5-12-7-8-17-10-12)19-14-9-13-3-1-2-4-15(13)18-11-14;;/h1-4,9,11-12,17H,5-8,10H2,(H,19,20);2*1H. The molecule has 1 aromatic carbocycles. The number of hydrogen-bond acceptors (Lipinski definition) is 3. The molecule has 1 atom stereocenters. The van der Waals surface area contributed by atoms with Crippen LogP contribution in [0.3, 0.4) is 0 Å². The van der Waals surface area contributed by atoms with Crippen molar-refractivity contribution in [2.75, 3.05) is 18.4 Å². The van der Waals surface area contributed by atoms with E-state index in [9.17, 15) is 4.79 Å². The summed E-state index contributed by atoms with van der Waals surface area (Å²) in [5.41, 5.74) is 1.72. The molecule has 120 valence electrons. The SMILES string of the molecule is Cl.Cl.O=C(CCC1CCNC1)Nc1cnc2ccccc2c1. The first-order chi connectivity index (χ1) is 9.81. The molecule has 1 unspecified atom stereocenters. The van der Waals surface area contributed by atoms with E-state index in [-0.39, 0.29) is 30.7 Å². The highest BCUT2D eigenvalue weighted by atomic mass is 35.5. The molecule has 0 spiro atoms. The van der Waals surface area contributed by atoms with Gasteiger partial charge in [-0.1, -0.05) is 18.2 Å². The van der Waals surface area contributed by atoms with Crippen LogP contribution in [0.5, 0.6) is 0 Å². The lowest BCUT2D eigenvalue weighted by Crippen LogP contribution is -2.15. The van der Waals surface area contributed by atoms with Crippen molar-refractivity contribution >= 4 is 47.3 Å². The molecular weight excluding hydrogens is 321 g/mol. The minimum atomic E-state index is 0. The average Bonchev–Trinajstić information content (AvgIpc) is 2.98. The predicted molar refractivity (Wildman–Crippen MR) is 95.1 cm³/mol. The molecule has 1 aliphatic rings. The number of carbonyl (C=O) groups is 1. The van der Waals surface area contributed by atoms with Crippen LogP contribution in [0.25, 0.3) is 10.9 Å². The molecule has 0 radical (unpaired) electrons. The molecular formula is C16H21Cl2N3O. The van der Waals surface area contributed by atoms with Gasteiger partial charge in [-0.15, -0.1) is 24.8 Å². The van der Waals surface area contributed by atoms with Crippen LogP contribution in [-0.4, -0.2) is 24.0 Å². The Balaban J connectivity index is 0.00000121. The molecule has 0 bridgehead atoms. The first kappa shape index (κ1) is 18.7. The number of amides is 1. The van der Waals surface area contributed by atoms with Gasteiger partial charge in [0.2, 0.25) is 5.91 Å². The van der Waals surface area contributed by atoms with Crippen LogP contribution >= 0.6 is 24.8 Å². The first-order valence-corrected chi connectivity index (χ1v) is 7.16. The monoisotopic (exact) mass is 341 g/mol. The largest absolute Gasteiger partial charge is 0.325 e. The van der Waals surface area contributed by atoms with Gasteiger partial charge in [0.25, 0.3) is 0 Å². The summed E-state index contributed by atoms with van der Waals surface area (Å²) >= 11 is 0. The van der Waals surface area contributed by atoms with E-state index in [1.165, 1.54) is 6.42 Å². The van der Waals surface area contributed by atoms with Gasteiger partial charge in [0, 0.05) is 11.8 Å². The summed E-state index contributed by atoms with van der Waals surface area (Å²) in [6.07, 6.45) is 4.45. The molecule has 1 saturated heterocycles. The van der Waals surface area contributed by atoms with Gasteiger partial charge in [-0.05, 0) is 44.0 Å². The van der Waals surface area contributed by atoms with Crippen molar-refractivity contribution in [3.8, 4) is 0 Å². The first-order valence-electron chi connectivity index (χ1n) is 7.16. The van der Waals surface area contributed by atoms with Gasteiger partial charge in [-0.3, -0.25) is 9.78 Å². The predicted octanol–water partition coefficient (Wildman–Crippen LogP) is 3.41. The van der Waals surface area contributed by atoms with Gasteiger partial charge < -0.3 is 10.6 Å². The Kier molecular flexibility index (Phi) is 7.59. The summed E-state index contributed by atoms with van der Waals surface area (Å²) in [6, 6.07) is 9.87. The minimum Gasteiger partial charge on any atom is -0.325 e. The Labute approximate surface area is 142 Å². The Morgan fingerprint density at radius 1 is 1.32 bits per heavy atom. The number of hydrogen-bond donors (Lipinski definition) is 2. The van der Waals surface area contributed by atoms with Crippen molar-refractivity contribution < 1.29 is 4.79 Å². The number of fused-ring (bicyclic) bond motifs is 1. The third kappa shape index (κ3) is 4.83. The number of para-hydroxylation sites is 1. The lowest BCUT2D eigenvalue weighted by Gasteiger charge is -2.09. The molecule has 0 aliphatic carbocycles. The smallest absolute Gasteiger partial charge is 0.224 e. The van der Waals surface area contributed by atoms with Gasteiger partial charge in [0.1, 0.15) is 0 Å². The number of nitrogens with zero attached hydrogens (tertiary/aromatic N) is 1. The number of halogens is 2. The molecule has 1 aliphatic heterocycles. The highest BCUT2D eigenvalue weighted by molar-refractivity contribution is 5.93. The zero-order chi connectivity index (χ0) is 13.8. The van der Waals surface area contributed by atoms with Crippen molar-refractivity contribution in [3.63, 3.8) is 0 Å². The zero-order valence-electron chi connectivity index (χ0n) is 12.2. The molecule has 4 nitrogen and oxygen atoms in total. The molecule has 3 rings (SSSR count). The van der Waals surface area contributed by atoms with Crippen LogP contribution in [-0.2, 0) is 4.79 Å². The van der Waals surface area contributed by atoms with E-state index in [1.54, 1.807) is 6.20 Å². The number of pyridine rings is 1. The summed E-state index contributed by atoms with van der Waals surface area (Å²) in [5.74, 6) is 0.726. The maximum Gasteiger partial charge on any atom is 0.224 e. The maximum atomic E-state index is 11.9. The fourth-order valence-corrected chi connectivity index (χ4v) is 2.66. The summed E-state index contributed by atoms with van der Waals surface area (Å²) in [4.78, 5) is 16.3. The van der Waals surface area contributed by atoms with Gasteiger partial charge in [0.05, 0.1) is 17.4 Å². The van der Waals surface area contributed by atoms with Crippen LogP contribution in [0, 0.1) is 5.92 Å². The number of rotatable bonds is 4. The van der Waals surface area contributed by atoms with E-state index < -0.39 is 0 Å². The maximum absolute atomic E-state index is 11.9. The second-order valence-electron chi connectivity index (χ2n) is 5.36. The highest BCUT2D eigenvalue weighted by Crippen LogP contribution is 2.18. The molecule has 6 heteroatoms. The van der Waals surface area contributed by atoms with Gasteiger partial charge in [-0.2, -0.15) is 0 Å².